The van der Waals surface area contributed by atoms with Gasteiger partial charge in [-0.2, -0.15) is 0 Å². The molecule has 1 amide bonds. The lowest BCUT2D eigenvalue weighted by Crippen LogP contribution is -2.50. The third kappa shape index (κ3) is 1.67. The van der Waals surface area contributed by atoms with Crippen molar-refractivity contribution in [3.05, 3.63) is 23.9 Å². The fraction of sp³-hybridized carbons (Fsp3) is 0.333. The molecule has 0 saturated carbocycles. The van der Waals surface area contributed by atoms with Crippen molar-refractivity contribution in [1.29, 1.82) is 0 Å². The first kappa shape index (κ1) is 8.96. The summed E-state index contributed by atoms with van der Waals surface area (Å²) >= 11 is 0. The van der Waals surface area contributed by atoms with Crippen molar-refractivity contribution in [2.75, 3.05) is 13.1 Å². The smallest absolute Gasteiger partial charge is 0.254 e. The fourth-order valence-electron chi connectivity index (χ4n) is 1.18. The van der Waals surface area contributed by atoms with Crippen LogP contribution in [-0.2, 0) is 0 Å². The van der Waals surface area contributed by atoms with Crippen LogP contribution in [0.15, 0.2) is 18.3 Å². The molecule has 1 aliphatic rings. The van der Waals surface area contributed by atoms with Crippen LogP contribution in [0.1, 0.15) is 10.4 Å². The van der Waals surface area contributed by atoms with Gasteiger partial charge in [0, 0.05) is 19.3 Å². The number of nitrogens with one attached hydrogen (secondary N) is 1. The Kier molecular flexibility index (Phi) is 2.32. The standard InChI is InChI=1S/C9H11N3O2/c10-8(13)7-2-1-3-12-9(7)14-6-4-11-5-6/h1-3,6,11H,4-5H2,(H2,10,13). The van der Waals surface area contributed by atoms with Crippen LogP contribution in [0.3, 0.4) is 0 Å². The minimum absolute atomic E-state index is 0.1000. The number of rotatable bonds is 3. The normalized spacial score (nSPS) is 16.0. The van der Waals surface area contributed by atoms with Crippen molar-refractivity contribution in [1.82, 2.24) is 10.3 Å². The Balaban J connectivity index is 2.17. The molecule has 1 fully saturated rings. The van der Waals surface area contributed by atoms with Crippen molar-refractivity contribution in [3.63, 3.8) is 0 Å². The number of primary amides is 1. The van der Waals surface area contributed by atoms with Gasteiger partial charge in [-0.15, -0.1) is 0 Å². The van der Waals surface area contributed by atoms with Crippen LogP contribution in [0.4, 0.5) is 0 Å². The summed E-state index contributed by atoms with van der Waals surface area (Å²) in [5, 5.41) is 3.06. The van der Waals surface area contributed by atoms with Crippen LogP contribution in [0.5, 0.6) is 5.88 Å². The van der Waals surface area contributed by atoms with Crippen molar-refractivity contribution in [2.45, 2.75) is 6.10 Å². The molecule has 0 radical (unpaired) electrons. The maximum atomic E-state index is 11.0. The number of aromatic nitrogens is 1. The predicted octanol–water partition coefficient (Wildman–Crippen LogP) is -0.469. The Bertz CT molecular complexity index is 350. The zero-order valence-corrected chi connectivity index (χ0v) is 7.56. The summed E-state index contributed by atoms with van der Waals surface area (Å²) in [6, 6.07) is 3.27. The topological polar surface area (TPSA) is 77.2 Å². The zero-order valence-electron chi connectivity index (χ0n) is 7.56. The average molecular weight is 193 g/mol. The monoisotopic (exact) mass is 193 g/mol. The first-order valence-electron chi connectivity index (χ1n) is 4.39. The van der Waals surface area contributed by atoms with Gasteiger partial charge in [-0.3, -0.25) is 4.79 Å². The third-order valence-electron chi connectivity index (χ3n) is 2.06. The molecular weight excluding hydrogens is 182 g/mol. The average Bonchev–Trinajstić information content (AvgIpc) is 2.12. The van der Waals surface area contributed by atoms with E-state index in [1.54, 1.807) is 18.3 Å². The quantitative estimate of drug-likeness (QED) is 0.680. The maximum absolute atomic E-state index is 11.0. The van der Waals surface area contributed by atoms with Gasteiger partial charge in [-0.05, 0) is 12.1 Å². The lowest BCUT2D eigenvalue weighted by Gasteiger charge is -2.27. The molecule has 0 bridgehead atoms. The minimum Gasteiger partial charge on any atom is -0.471 e. The Morgan fingerprint density at radius 1 is 1.64 bits per heavy atom. The van der Waals surface area contributed by atoms with E-state index in [9.17, 15) is 4.79 Å². The Hall–Kier alpha value is -1.62. The summed E-state index contributed by atoms with van der Waals surface area (Å²) in [6.07, 6.45) is 1.68. The number of nitrogens with two attached hydrogens (primary N) is 1. The van der Waals surface area contributed by atoms with Crippen LogP contribution in [0, 0.1) is 0 Å². The molecule has 1 aromatic heterocycles. The van der Waals surface area contributed by atoms with Crippen LogP contribution in [0.25, 0.3) is 0 Å². The van der Waals surface area contributed by atoms with Crippen molar-refractivity contribution >= 4 is 5.91 Å². The van der Waals surface area contributed by atoms with Gasteiger partial charge in [0.2, 0.25) is 5.88 Å². The van der Waals surface area contributed by atoms with Gasteiger partial charge in [0.05, 0.1) is 0 Å². The van der Waals surface area contributed by atoms with Crippen LogP contribution in [-0.4, -0.2) is 30.1 Å². The molecule has 1 saturated heterocycles. The van der Waals surface area contributed by atoms with E-state index < -0.39 is 5.91 Å². The third-order valence-corrected chi connectivity index (χ3v) is 2.06. The van der Waals surface area contributed by atoms with E-state index in [4.69, 9.17) is 10.5 Å². The summed E-state index contributed by atoms with van der Waals surface area (Å²) in [7, 11) is 0. The Labute approximate surface area is 81.3 Å². The van der Waals surface area contributed by atoms with Crippen LogP contribution >= 0.6 is 0 Å². The molecule has 14 heavy (non-hydrogen) atoms. The Morgan fingerprint density at radius 3 is 3.00 bits per heavy atom. The van der Waals surface area contributed by atoms with E-state index in [0.717, 1.165) is 13.1 Å². The second-order valence-corrected chi connectivity index (χ2v) is 3.12. The minimum atomic E-state index is -0.514. The van der Waals surface area contributed by atoms with Gasteiger partial charge in [0.15, 0.2) is 0 Å². The number of carbonyl (C=O) groups excluding carboxylic acids is 1. The zero-order chi connectivity index (χ0) is 9.97. The second kappa shape index (κ2) is 3.63. The molecule has 2 rings (SSSR count). The van der Waals surface area contributed by atoms with Gasteiger partial charge in [0.25, 0.3) is 5.91 Å². The molecule has 0 aliphatic carbocycles. The van der Waals surface area contributed by atoms with E-state index in [0.29, 0.717) is 11.4 Å². The largest absolute Gasteiger partial charge is 0.471 e. The van der Waals surface area contributed by atoms with E-state index in [1.165, 1.54) is 0 Å². The molecule has 0 atom stereocenters. The molecule has 5 heteroatoms. The summed E-state index contributed by atoms with van der Waals surface area (Å²) in [4.78, 5) is 15.0. The lowest BCUT2D eigenvalue weighted by molar-refractivity contribution is 0.0980. The van der Waals surface area contributed by atoms with Gasteiger partial charge >= 0.3 is 0 Å². The number of hydrogen-bond donors (Lipinski definition) is 2. The number of amides is 1. The van der Waals surface area contributed by atoms with Gasteiger partial charge in [-0.25, -0.2) is 4.98 Å². The van der Waals surface area contributed by atoms with E-state index >= 15 is 0 Å². The molecule has 5 nitrogen and oxygen atoms in total. The highest BCUT2D eigenvalue weighted by molar-refractivity contribution is 5.94. The van der Waals surface area contributed by atoms with E-state index in [2.05, 4.69) is 10.3 Å². The van der Waals surface area contributed by atoms with Gasteiger partial charge in [-0.1, -0.05) is 0 Å². The summed E-state index contributed by atoms with van der Waals surface area (Å²) in [5.41, 5.74) is 5.51. The van der Waals surface area contributed by atoms with Gasteiger partial charge in [0.1, 0.15) is 11.7 Å². The number of pyridine rings is 1. The molecule has 3 N–H and O–H groups in total. The highest BCUT2D eigenvalue weighted by atomic mass is 16.5. The number of hydrogen-bond acceptors (Lipinski definition) is 4. The molecule has 0 unspecified atom stereocenters. The van der Waals surface area contributed by atoms with E-state index in [1.807, 2.05) is 0 Å². The summed E-state index contributed by atoms with van der Waals surface area (Å²) in [6.45, 7) is 1.57. The molecule has 2 heterocycles. The van der Waals surface area contributed by atoms with Crippen molar-refractivity contribution in [2.24, 2.45) is 5.73 Å². The molecular formula is C9H11N3O2. The molecule has 74 valence electrons. The molecule has 1 aromatic rings. The SMILES string of the molecule is NC(=O)c1cccnc1OC1CNC1. The number of carbonyl (C=O) groups is 1. The Morgan fingerprint density at radius 2 is 2.43 bits per heavy atom. The van der Waals surface area contributed by atoms with Crippen molar-refractivity contribution in [3.8, 4) is 5.88 Å². The van der Waals surface area contributed by atoms with Crippen molar-refractivity contribution < 1.29 is 9.53 Å². The molecule has 1 aliphatic heterocycles. The highest BCUT2D eigenvalue weighted by Gasteiger charge is 2.21. The molecule has 0 spiro atoms. The fourth-order valence-corrected chi connectivity index (χ4v) is 1.18. The predicted molar refractivity (Wildman–Crippen MR) is 50.0 cm³/mol. The second-order valence-electron chi connectivity index (χ2n) is 3.12. The van der Waals surface area contributed by atoms with E-state index in [-0.39, 0.29) is 6.10 Å². The first-order chi connectivity index (χ1) is 6.77. The molecule has 0 aromatic carbocycles. The summed E-state index contributed by atoms with van der Waals surface area (Å²) in [5.74, 6) is -0.188. The number of ether oxygens (including phenoxy) is 1. The highest BCUT2D eigenvalue weighted by Crippen LogP contribution is 2.16. The van der Waals surface area contributed by atoms with Crippen LogP contribution < -0.4 is 15.8 Å². The van der Waals surface area contributed by atoms with Crippen LogP contribution in [0.2, 0.25) is 0 Å². The number of nitrogens with zero attached hydrogens (tertiary/aromatic N) is 1. The van der Waals surface area contributed by atoms with Gasteiger partial charge < -0.3 is 15.8 Å². The summed E-state index contributed by atoms with van der Waals surface area (Å²) < 4.78 is 5.47. The lowest BCUT2D eigenvalue weighted by atomic mass is 10.2. The first-order valence-corrected chi connectivity index (χ1v) is 4.39. The maximum Gasteiger partial charge on any atom is 0.254 e.